The van der Waals surface area contributed by atoms with Crippen LogP contribution in [0.1, 0.15) is 70.4 Å². The zero-order valence-corrected chi connectivity index (χ0v) is 14.5. The minimum absolute atomic E-state index is 0.501. The van der Waals surface area contributed by atoms with E-state index in [2.05, 4.69) is 58.1 Å². The van der Waals surface area contributed by atoms with Crippen molar-refractivity contribution in [3.8, 4) is 5.75 Å². The zero-order chi connectivity index (χ0) is 15.7. The molecule has 2 nitrogen and oxygen atoms in total. The number of benzene rings is 1. The number of unbranched alkanes of at least 4 members (excludes halogenated alkanes) is 2. The second-order valence-electron chi connectivity index (χ2n) is 6.40. The SMILES string of the molecule is CCCCCC(C)NCCOc1cc(C)ccc1C(C)C. The summed E-state index contributed by atoms with van der Waals surface area (Å²) < 4.78 is 5.99. The highest BCUT2D eigenvalue weighted by molar-refractivity contribution is 5.39. The van der Waals surface area contributed by atoms with Gasteiger partial charge in [0.2, 0.25) is 0 Å². The third-order valence-corrected chi connectivity index (χ3v) is 3.88. The number of nitrogens with one attached hydrogen (secondary N) is 1. The number of rotatable bonds is 10. The van der Waals surface area contributed by atoms with Crippen LogP contribution in [-0.2, 0) is 0 Å². The van der Waals surface area contributed by atoms with Crippen LogP contribution in [0.5, 0.6) is 5.75 Å². The first-order chi connectivity index (χ1) is 10.0. The van der Waals surface area contributed by atoms with Crippen LogP contribution >= 0.6 is 0 Å². The van der Waals surface area contributed by atoms with Gasteiger partial charge in [-0.3, -0.25) is 0 Å². The number of hydrogen-bond donors (Lipinski definition) is 1. The van der Waals surface area contributed by atoms with Gasteiger partial charge in [0.25, 0.3) is 0 Å². The summed E-state index contributed by atoms with van der Waals surface area (Å²) in [6.45, 7) is 12.7. The van der Waals surface area contributed by atoms with Gasteiger partial charge < -0.3 is 10.1 Å². The van der Waals surface area contributed by atoms with Gasteiger partial charge in [0.15, 0.2) is 0 Å². The molecule has 0 bridgehead atoms. The van der Waals surface area contributed by atoms with Gasteiger partial charge in [-0.25, -0.2) is 0 Å². The van der Waals surface area contributed by atoms with Crippen molar-refractivity contribution in [2.24, 2.45) is 0 Å². The first kappa shape index (κ1) is 18.0. The van der Waals surface area contributed by atoms with E-state index in [0.717, 1.165) is 18.9 Å². The maximum absolute atomic E-state index is 5.99. The fraction of sp³-hybridized carbons (Fsp3) is 0.684. The number of ether oxygens (including phenoxy) is 1. The Bertz CT molecular complexity index is 401. The van der Waals surface area contributed by atoms with E-state index >= 15 is 0 Å². The fourth-order valence-electron chi connectivity index (χ4n) is 2.51. The lowest BCUT2D eigenvalue weighted by Gasteiger charge is -2.17. The first-order valence-corrected chi connectivity index (χ1v) is 8.51. The monoisotopic (exact) mass is 291 g/mol. The highest BCUT2D eigenvalue weighted by Gasteiger charge is 2.08. The lowest BCUT2D eigenvalue weighted by Crippen LogP contribution is -2.30. The average molecular weight is 291 g/mol. The van der Waals surface area contributed by atoms with E-state index in [0.29, 0.717) is 12.0 Å². The van der Waals surface area contributed by atoms with Crippen molar-refractivity contribution in [3.63, 3.8) is 0 Å². The Balaban J connectivity index is 2.34. The number of hydrogen-bond acceptors (Lipinski definition) is 2. The average Bonchev–Trinajstić information content (AvgIpc) is 2.43. The van der Waals surface area contributed by atoms with Gasteiger partial charge in [-0.15, -0.1) is 0 Å². The van der Waals surface area contributed by atoms with E-state index in [1.54, 1.807) is 0 Å². The Morgan fingerprint density at radius 3 is 2.57 bits per heavy atom. The van der Waals surface area contributed by atoms with Gasteiger partial charge >= 0.3 is 0 Å². The maximum Gasteiger partial charge on any atom is 0.123 e. The predicted molar refractivity (Wildman–Crippen MR) is 92.4 cm³/mol. The molecule has 1 rings (SSSR count). The van der Waals surface area contributed by atoms with Crippen LogP contribution in [0.4, 0.5) is 0 Å². The Morgan fingerprint density at radius 2 is 1.90 bits per heavy atom. The highest BCUT2D eigenvalue weighted by Crippen LogP contribution is 2.27. The molecule has 0 radical (unpaired) electrons. The second-order valence-corrected chi connectivity index (χ2v) is 6.40. The number of aryl methyl sites for hydroxylation is 1. The summed E-state index contributed by atoms with van der Waals surface area (Å²) in [7, 11) is 0. The van der Waals surface area contributed by atoms with E-state index in [9.17, 15) is 0 Å². The van der Waals surface area contributed by atoms with Crippen LogP contribution in [-0.4, -0.2) is 19.2 Å². The zero-order valence-electron chi connectivity index (χ0n) is 14.5. The molecular weight excluding hydrogens is 258 g/mol. The first-order valence-electron chi connectivity index (χ1n) is 8.51. The third kappa shape index (κ3) is 6.99. The normalized spacial score (nSPS) is 12.7. The Morgan fingerprint density at radius 1 is 1.14 bits per heavy atom. The lowest BCUT2D eigenvalue weighted by molar-refractivity contribution is 0.300. The summed E-state index contributed by atoms with van der Waals surface area (Å²) in [6.07, 6.45) is 5.21. The molecule has 0 aromatic heterocycles. The van der Waals surface area contributed by atoms with Crippen LogP contribution in [0.3, 0.4) is 0 Å². The standard InChI is InChI=1S/C19H33NO/c1-6-7-8-9-17(5)20-12-13-21-19-14-16(4)10-11-18(19)15(2)3/h10-11,14-15,17,20H,6-9,12-13H2,1-5H3. The Kier molecular flexibility index (Phi) is 8.44. The molecule has 0 aliphatic carbocycles. The molecule has 2 heteroatoms. The van der Waals surface area contributed by atoms with E-state index in [-0.39, 0.29) is 0 Å². The molecule has 1 atom stereocenters. The van der Waals surface area contributed by atoms with Crippen molar-refractivity contribution in [1.29, 1.82) is 0 Å². The molecule has 21 heavy (non-hydrogen) atoms. The molecule has 0 spiro atoms. The Hall–Kier alpha value is -1.02. The summed E-state index contributed by atoms with van der Waals surface area (Å²) in [4.78, 5) is 0. The topological polar surface area (TPSA) is 21.3 Å². The molecule has 0 aliphatic rings. The molecule has 0 amide bonds. The van der Waals surface area contributed by atoms with Gasteiger partial charge in [0.1, 0.15) is 12.4 Å². The van der Waals surface area contributed by atoms with Gasteiger partial charge in [0.05, 0.1) is 0 Å². The fourth-order valence-corrected chi connectivity index (χ4v) is 2.51. The van der Waals surface area contributed by atoms with Crippen molar-refractivity contribution >= 4 is 0 Å². The molecule has 1 aromatic rings. The van der Waals surface area contributed by atoms with Gasteiger partial charge in [-0.2, -0.15) is 0 Å². The van der Waals surface area contributed by atoms with Crippen molar-refractivity contribution in [1.82, 2.24) is 5.32 Å². The van der Waals surface area contributed by atoms with Crippen molar-refractivity contribution in [3.05, 3.63) is 29.3 Å². The minimum Gasteiger partial charge on any atom is -0.492 e. The lowest BCUT2D eigenvalue weighted by atomic mass is 10.0. The van der Waals surface area contributed by atoms with Gasteiger partial charge in [-0.1, -0.05) is 52.2 Å². The molecule has 0 saturated carbocycles. The van der Waals surface area contributed by atoms with E-state index in [4.69, 9.17) is 4.74 Å². The molecule has 1 unspecified atom stereocenters. The van der Waals surface area contributed by atoms with Crippen molar-refractivity contribution in [2.45, 2.75) is 72.3 Å². The molecule has 0 aliphatic heterocycles. The summed E-state index contributed by atoms with van der Waals surface area (Å²) >= 11 is 0. The maximum atomic E-state index is 5.99. The van der Waals surface area contributed by atoms with Crippen molar-refractivity contribution in [2.75, 3.05) is 13.2 Å². The van der Waals surface area contributed by atoms with Crippen LogP contribution in [0, 0.1) is 6.92 Å². The van der Waals surface area contributed by atoms with Gasteiger partial charge in [-0.05, 0) is 43.4 Å². The van der Waals surface area contributed by atoms with Crippen LogP contribution < -0.4 is 10.1 Å². The van der Waals surface area contributed by atoms with Crippen LogP contribution in [0.25, 0.3) is 0 Å². The molecule has 0 heterocycles. The smallest absolute Gasteiger partial charge is 0.123 e. The molecular formula is C19H33NO. The quantitative estimate of drug-likeness (QED) is 0.609. The highest BCUT2D eigenvalue weighted by atomic mass is 16.5. The van der Waals surface area contributed by atoms with Gasteiger partial charge in [0, 0.05) is 12.6 Å². The predicted octanol–water partition coefficient (Wildman–Crippen LogP) is 5.06. The largest absolute Gasteiger partial charge is 0.492 e. The summed E-state index contributed by atoms with van der Waals surface area (Å²) in [6, 6.07) is 7.09. The van der Waals surface area contributed by atoms with E-state index in [1.165, 1.54) is 36.8 Å². The molecule has 120 valence electrons. The summed E-state index contributed by atoms with van der Waals surface area (Å²) in [5.74, 6) is 1.55. The molecule has 0 saturated heterocycles. The minimum atomic E-state index is 0.501. The van der Waals surface area contributed by atoms with Crippen LogP contribution in [0.2, 0.25) is 0 Å². The van der Waals surface area contributed by atoms with Crippen molar-refractivity contribution < 1.29 is 4.74 Å². The molecule has 0 fully saturated rings. The Labute approximate surface area is 131 Å². The summed E-state index contributed by atoms with van der Waals surface area (Å²) in [5.41, 5.74) is 2.56. The molecule has 1 N–H and O–H groups in total. The third-order valence-electron chi connectivity index (χ3n) is 3.88. The van der Waals surface area contributed by atoms with E-state index < -0.39 is 0 Å². The second kappa shape index (κ2) is 9.83. The summed E-state index contributed by atoms with van der Waals surface area (Å²) in [5, 5.41) is 3.55. The van der Waals surface area contributed by atoms with Crippen LogP contribution in [0.15, 0.2) is 18.2 Å². The molecule has 1 aromatic carbocycles. The van der Waals surface area contributed by atoms with E-state index in [1.807, 2.05) is 0 Å².